The van der Waals surface area contributed by atoms with Crippen LogP contribution < -0.4 is 10.6 Å². The van der Waals surface area contributed by atoms with Crippen LogP contribution >= 0.6 is 15.9 Å². The van der Waals surface area contributed by atoms with Crippen molar-refractivity contribution in [3.8, 4) is 0 Å². The molecule has 2 N–H and O–H groups in total. The maximum absolute atomic E-state index is 3.66. The van der Waals surface area contributed by atoms with Crippen molar-refractivity contribution in [3.63, 3.8) is 0 Å². The average Bonchev–Trinajstić information content (AvgIpc) is 2.84. The van der Waals surface area contributed by atoms with E-state index < -0.39 is 0 Å². The standard InChI is InChI=1S/C18H11BrN2/c19-13-9-8-12-16-10(13)4-3-5-11(16)17-18(12)21-15-7-2-1-6-14(15)20-17/h1-9,20-21H. The summed E-state index contributed by atoms with van der Waals surface area (Å²) in [6.07, 6.45) is 0. The quantitative estimate of drug-likeness (QED) is 0.584. The average molecular weight is 335 g/mol. The van der Waals surface area contributed by atoms with Gasteiger partial charge in [-0.25, -0.2) is 0 Å². The van der Waals surface area contributed by atoms with Crippen LogP contribution in [-0.2, 0) is 0 Å². The molecule has 1 aliphatic heterocycles. The first-order valence-electron chi connectivity index (χ1n) is 6.92. The number of hydrogen-bond acceptors (Lipinski definition) is 2. The summed E-state index contributed by atoms with van der Waals surface area (Å²) in [4.78, 5) is 0. The van der Waals surface area contributed by atoms with Crippen molar-refractivity contribution in [1.82, 2.24) is 0 Å². The Kier molecular flexibility index (Phi) is 2.11. The fourth-order valence-corrected chi connectivity index (χ4v) is 3.75. The molecule has 3 aromatic rings. The molecular formula is C18H11BrN2. The van der Waals surface area contributed by atoms with Gasteiger partial charge in [-0.3, -0.25) is 0 Å². The Labute approximate surface area is 130 Å². The maximum Gasteiger partial charge on any atom is 0.0710 e. The molecule has 0 atom stereocenters. The minimum absolute atomic E-state index is 1.13. The summed E-state index contributed by atoms with van der Waals surface area (Å²) >= 11 is 3.66. The third kappa shape index (κ3) is 1.41. The monoisotopic (exact) mass is 334 g/mol. The molecular weight excluding hydrogens is 324 g/mol. The molecule has 21 heavy (non-hydrogen) atoms. The predicted molar refractivity (Wildman–Crippen MR) is 92.1 cm³/mol. The molecule has 0 saturated carbocycles. The first-order valence-corrected chi connectivity index (χ1v) is 7.71. The van der Waals surface area contributed by atoms with Crippen LogP contribution in [0.15, 0.2) is 59.1 Å². The molecule has 0 amide bonds. The SMILES string of the molecule is Brc1ccc2c3c(cccc13)C1=C2Nc2ccccc2N1. The molecule has 0 bridgehead atoms. The number of halogens is 1. The van der Waals surface area contributed by atoms with Crippen molar-refractivity contribution in [2.75, 3.05) is 10.6 Å². The molecule has 5 rings (SSSR count). The van der Waals surface area contributed by atoms with Gasteiger partial charge in [0.15, 0.2) is 0 Å². The number of hydrogen-bond donors (Lipinski definition) is 2. The van der Waals surface area contributed by atoms with Gasteiger partial charge in [0, 0.05) is 21.0 Å². The van der Waals surface area contributed by atoms with Crippen molar-refractivity contribution < 1.29 is 0 Å². The van der Waals surface area contributed by atoms with Crippen LogP contribution in [0.25, 0.3) is 22.2 Å². The van der Waals surface area contributed by atoms with E-state index in [-0.39, 0.29) is 0 Å². The molecule has 2 nitrogen and oxygen atoms in total. The lowest BCUT2D eigenvalue weighted by Crippen LogP contribution is -2.11. The minimum Gasteiger partial charge on any atom is -0.352 e. The summed E-state index contributed by atoms with van der Waals surface area (Å²) in [6.45, 7) is 0. The second-order valence-corrected chi connectivity index (χ2v) is 6.22. The second kappa shape index (κ2) is 3.89. The molecule has 0 spiro atoms. The van der Waals surface area contributed by atoms with E-state index >= 15 is 0 Å². The summed E-state index contributed by atoms with van der Waals surface area (Å²) in [5.41, 5.74) is 7.13. The van der Waals surface area contributed by atoms with Gasteiger partial charge < -0.3 is 10.6 Å². The topological polar surface area (TPSA) is 24.1 Å². The van der Waals surface area contributed by atoms with Crippen molar-refractivity contribution >= 4 is 49.5 Å². The summed E-state index contributed by atoms with van der Waals surface area (Å²) in [6, 6.07) is 19.1. The normalized spacial score (nSPS) is 14.5. The Morgan fingerprint density at radius 3 is 2.05 bits per heavy atom. The van der Waals surface area contributed by atoms with E-state index in [2.05, 4.69) is 81.2 Å². The van der Waals surface area contributed by atoms with E-state index in [4.69, 9.17) is 0 Å². The summed E-state index contributed by atoms with van der Waals surface area (Å²) in [7, 11) is 0. The Bertz CT molecular complexity index is 915. The van der Waals surface area contributed by atoms with E-state index in [9.17, 15) is 0 Å². The highest BCUT2D eigenvalue weighted by Gasteiger charge is 2.28. The molecule has 0 aromatic heterocycles. The van der Waals surface area contributed by atoms with Crippen LogP contribution in [-0.4, -0.2) is 0 Å². The van der Waals surface area contributed by atoms with Gasteiger partial charge in [0.05, 0.1) is 22.8 Å². The van der Waals surface area contributed by atoms with Crippen molar-refractivity contribution in [2.24, 2.45) is 0 Å². The second-order valence-electron chi connectivity index (χ2n) is 5.37. The number of para-hydroxylation sites is 2. The molecule has 0 unspecified atom stereocenters. The lowest BCUT2D eigenvalue weighted by molar-refractivity contribution is 1.49. The van der Waals surface area contributed by atoms with Crippen LogP contribution in [0.3, 0.4) is 0 Å². The third-order valence-electron chi connectivity index (χ3n) is 4.22. The van der Waals surface area contributed by atoms with Gasteiger partial charge in [-0.1, -0.05) is 52.3 Å². The molecule has 0 saturated heterocycles. The van der Waals surface area contributed by atoms with E-state index in [0.717, 1.165) is 15.8 Å². The molecule has 1 aliphatic carbocycles. The smallest absolute Gasteiger partial charge is 0.0710 e. The van der Waals surface area contributed by atoms with Gasteiger partial charge in [0.2, 0.25) is 0 Å². The van der Waals surface area contributed by atoms with Gasteiger partial charge in [0.25, 0.3) is 0 Å². The Morgan fingerprint density at radius 2 is 1.33 bits per heavy atom. The Morgan fingerprint density at radius 1 is 0.667 bits per heavy atom. The molecule has 0 radical (unpaired) electrons. The minimum atomic E-state index is 1.13. The zero-order valence-electron chi connectivity index (χ0n) is 11.1. The lowest BCUT2D eigenvalue weighted by atomic mass is 10.0. The van der Waals surface area contributed by atoms with Crippen LogP contribution in [0.5, 0.6) is 0 Å². The fraction of sp³-hybridized carbons (Fsp3) is 0. The van der Waals surface area contributed by atoms with Crippen molar-refractivity contribution in [2.45, 2.75) is 0 Å². The molecule has 2 aliphatic rings. The van der Waals surface area contributed by atoms with Gasteiger partial charge in [-0.2, -0.15) is 0 Å². The first-order chi connectivity index (χ1) is 10.3. The first kappa shape index (κ1) is 11.4. The number of rotatable bonds is 0. The molecule has 0 fully saturated rings. The van der Waals surface area contributed by atoms with Crippen LogP contribution in [0, 0.1) is 0 Å². The Hall–Kier alpha value is -2.26. The number of anilines is 2. The zero-order chi connectivity index (χ0) is 14.0. The fourth-order valence-electron chi connectivity index (χ4n) is 3.29. The van der Waals surface area contributed by atoms with Gasteiger partial charge in [0.1, 0.15) is 0 Å². The van der Waals surface area contributed by atoms with E-state index in [1.54, 1.807) is 0 Å². The predicted octanol–water partition coefficient (Wildman–Crippen LogP) is 5.28. The largest absolute Gasteiger partial charge is 0.352 e. The van der Waals surface area contributed by atoms with Gasteiger partial charge in [-0.05, 0) is 23.6 Å². The van der Waals surface area contributed by atoms with Crippen molar-refractivity contribution in [1.29, 1.82) is 0 Å². The molecule has 3 aromatic carbocycles. The van der Waals surface area contributed by atoms with Crippen LogP contribution in [0.1, 0.15) is 11.1 Å². The molecule has 1 heterocycles. The highest BCUT2D eigenvalue weighted by molar-refractivity contribution is 9.10. The van der Waals surface area contributed by atoms with Gasteiger partial charge >= 0.3 is 0 Å². The number of benzene rings is 3. The number of nitrogens with one attached hydrogen (secondary N) is 2. The Balaban J connectivity index is 1.83. The zero-order valence-corrected chi connectivity index (χ0v) is 12.7. The number of fused-ring (bicyclic) bond motifs is 3. The van der Waals surface area contributed by atoms with Crippen LogP contribution in [0.2, 0.25) is 0 Å². The third-order valence-corrected chi connectivity index (χ3v) is 4.91. The van der Waals surface area contributed by atoms with Gasteiger partial charge in [-0.15, -0.1) is 0 Å². The van der Waals surface area contributed by atoms with Crippen molar-refractivity contribution in [3.05, 3.63) is 70.2 Å². The van der Waals surface area contributed by atoms with Crippen LogP contribution in [0.4, 0.5) is 11.4 Å². The highest BCUT2D eigenvalue weighted by atomic mass is 79.9. The lowest BCUT2D eigenvalue weighted by Gasteiger charge is -2.23. The summed E-state index contributed by atoms with van der Waals surface area (Å²) in [5.74, 6) is 0. The summed E-state index contributed by atoms with van der Waals surface area (Å²) in [5, 5.41) is 9.74. The summed E-state index contributed by atoms with van der Waals surface area (Å²) < 4.78 is 1.14. The molecule has 3 heteroatoms. The molecule has 100 valence electrons. The van der Waals surface area contributed by atoms with E-state index in [0.29, 0.717) is 0 Å². The maximum atomic E-state index is 3.66. The van der Waals surface area contributed by atoms with E-state index in [1.165, 1.54) is 33.3 Å². The highest BCUT2D eigenvalue weighted by Crippen LogP contribution is 2.47. The van der Waals surface area contributed by atoms with E-state index in [1.807, 2.05) is 0 Å².